The molecule has 0 saturated carbocycles. The summed E-state index contributed by atoms with van der Waals surface area (Å²) in [5.74, 6) is 0. The summed E-state index contributed by atoms with van der Waals surface area (Å²) in [4.78, 5) is 11.7. The molecule has 0 N–H and O–H groups in total. The number of ether oxygens (including phenoxy) is 1. The van der Waals surface area contributed by atoms with E-state index in [-0.39, 0.29) is 0 Å². The van der Waals surface area contributed by atoms with E-state index >= 15 is 0 Å². The zero-order valence-electron chi connectivity index (χ0n) is 5.25. The summed E-state index contributed by atoms with van der Waals surface area (Å²) in [6.45, 7) is 3.45. The summed E-state index contributed by atoms with van der Waals surface area (Å²) >= 11 is 0. The Morgan fingerprint density at radius 3 is 2.67 bits per heavy atom. The quantitative estimate of drug-likeness (QED) is 0.496. The predicted octanol–water partition coefficient (Wildman–Crippen LogP) is 0.0425. The summed E-state index contributed by atoms with van der Waals surface area (Å²) in [7, 11) is 0. The van der Waals surface area contributed by atoms with Gasteiger partial charge >= 0.3 is 0 Å². The van der Waals surface area contributed by atoms with E-state index in [9.17, 15) is 4.91 Å². The second-order valence-electron chi connectivity index (χ2n) is 2.00. The summed E-state index contributed by atoms with van der Waals surface area (Å²) in [6.07, 6.45) is 0. The lowest BCUT2D eigenvalue weighted by molar-refractivity contribution is 0.0392. The number of hydrogen-bond acceptors (Lipinski definition) is 4. The van der Waals surface area contributed by atoms with Gasteiger partial charge in [-0.1, -0.05) is 5.18 Å². The van der Waals surface area contributed by atoms with Gasteiger partial charge in [0.05, 0.1) is 13.2 Å². The predicted molar refractivity (Wildman–Crippen MR) is 33.1 cm³/mol. The molecular formula is C5H10N2O2. The van der Waals surface area contributed by atoms with Crippen molar-refractivity contribution in [3.05, 3.63) is 4.91 Å². The Morgan fingerprint density at radius 2 is 2.11 bits per heavy atom. The highest BCUT2D eigenvalue weighted by atomic mass is 16.5. The third-order valence-corrected chi connectivity index (χ3v) is 1.36. The van der Waals surface area contributed by atoms with Crippen molar-refractivity contribution in [2.45, 2.75) is 0 Å². The standard InChI is InChI=1S/C5H10N2O2/c8-6-5-7-1-3-9-4-2-7/h1-5H2. The van der Waals surface area contributed by atoms with Gasteiger partial charge in [0.1, 0.15) is 6.67 Å². The van der Waals surface area contributed by atoms with Gasteiger partial charge in [-0.15, -0.1) is 4.91 Å². The van der Waals surface area contributed by atoms with Crippen molar-refractivity contribution >= 4 is 0 Å². The normalized spacial score (nSPS) is 21.8. The molecule has 1 saturated heterocycles. The van der Waals surface area contributed by atoms with Gasteiger partial charge in [-0.2, -0.15) is 0 Å². The molecule has 0 amide bonds. The Labute approximate surface area is 53.8 Å². The molecular weight excluding hydrogens is 120 g/mol. The molecule has 1 heterocycles. The average molecular weight is 130 g/mol. The van der Waals surface area contributed by atoms with Crippen molar-refractivity contribution in [3.8, 4) is 0 Å². The fraction of sp³-hybridized carbons (Fsp3) is 1.00. The van der Waals surface area contributed by atoms with E-state index in [1.807, 2.05) is 4.90 Å². The molecule has 4 heteroatoms. The molecule has 1 fully saturated rings. The fourth-order valence-corrected chi connectivity index (χ4v) is 0.824. The highest BCUT2D eigenvalue weighted by molar-refractivity contribution is 4.58. The molecule has 0 aliphatic carbocycles. The van der Waals surface area contributed by atoms with Crippen LogP contribution in [0.2, 0.25) is 0 Å². The summed E-state index contributed by atoms with van der Waals surface area (Å²) in [5.41, 5.74) is 0. The molecule has 0 aromatic heterocycles. The van der Waals surface area contributed by atoms with E-state index in [1.165, 1.54) is 0 Å². The average Bonchev–Trinajstić information content (AvgIpc) is 1.91. The van der Waals surface area contributed by atoms with Crippen molar-refractivity contribution < 1.29 is 4.74 Å². The van der Waals surface area contributed by atoms with E-state index in [0.29, 0.717) is 6.67 Å². The zero-order valence-corrected chi connectivity index (χ0v) is 5.25. The van der Waals surface area contributed by atoms with E-state index in [0.717, 1.165) is 26.3 Å². The van der Waals surface area contributed by atoms with Crippen LogP contribution in [0.4, 0.5) is 0 Å². The third kappa shape index (κ3) is 2.07. The molecule has 0 radical (unpaired) electrons. The smallest absolute Gasteiger partial charge is 0.134 e. The van der Waals surface area contributed by atoms with Gasteiger partial charge in [0, 0.05) is 13.1 Å². The maximum absolute atomic E-state index is 9.74. The SMILES string of the molecule is O=NCN1CCOCC1. The lowest BCUT2D eigenvalue weighted by atomic mass is 10.5. The lowest BCUT2D eigenvalue weighted by Gasteiger charge is -2.23. The van der Waals surface area contributed by atoms with E-state index < -0.39 is 0 Å². The van der Waals surface area contributed by atoms with Crippen LogP contribution in [-0.4, -0.2) is 37.9 Å². The van der Waals surface area contributed by atoms with Crippen LogP contribution in [0.3, 0.4) is 0 Å². The largest absolute Gasteiger partial charge is 0.379 e. The molecule has 0 atom stereocenters. The van der Waals surface area contributed by atoms with E-state index in [4.69, 9.17) is 4.74 Å². The molecule has 0 unspecified atom stereocenters. The minimum atomic E-state index is 0.309. The summed E-state index contributed by atoms with van der Waals surface area (Å²) in [6, 6.07) is 0. The Morgan fingerprint density at radius 1 is 1.44 bits per heavy atom. The molecule has 0 aromatic carbocycles. The lowest BCUT2D eigenvalue weighted by Crippen LogP contribution is -2.36. The summed E-state index contributed by atoms with van der Waals surface area (Å²) < 4.78 is 5.06. The van der Waals surface area contributed by atoms with Crippen LogP contribution in [0.5, 0.6) is 0 Å². The maximum Gasteiger partial charge on any atom is 0.134 e. The molecule has 1 rings (SSSR count). The van der Waals surface area contributed by atoms with Crippen LogP contribution in [0.15, 0.2) is 5.18 Å². The van der Waals surface area contributed by atoms with Crippen LogP contribution < -0.4 is 0 Å². The molecule has 52 valence electrons. The first-order chi connectivity index (χ1) is 4.43. The highest BCUT2D eigenvalue weighted by Crippen LogP contribution is 1.94. The Hall–Kier alpha value is -0.480. The number of rotatable bonds is 2. The van der Waals surface area contributed by atoms with Crippen molar-refractivity contribution in [3.63, 3.8) is 0 Å². The topological polar surface area (TPSA) is 41.9 Å². The first kappa shape index (κ1) is 6.64. The van der Waals surface area contributed by atoms with Crippen molar-refractivity contribution in [2.75, 3.05) is 33.0 Å². The number of morpholine rings is 1. The molecule has 0 aromatic rings. The molecule has 0 bridgehead atoms. The molecule has 1 aliphatic rings. The van der Waals surface area contributed by atoms with Gasteiger partial charge in [0.15, 0.2) is 0 Å². The second kappa shape index (κ2) is 3.53. The highest BCUT2D eigenvalue weighted by Gasteiger charge is 2.08. The van der Waals surface area contributed by atoms with Crippen LogP contribution >= 0.6 is 0 Å². The van der Waals surface area contributed by atoms with Gasteiger partial charge < -0.3 is 4.74 Å². The van der Waals surface area contributed by atoms with Crippen molar-refractivity contribution in [1.82, 2.24) is 4.90 Å². The van der Waals surface area contributed by atoms with E-state index in [2.05, 4.69) is 5.18 Å². The number of nitrogens with zero attached hydrogens (tertiary/aromatic N) is 2. The maximum atomic E-state index is 9.74. The van der Waals surface area contributed by atoms with Gasteiger partial charge in [-0.25, -0.2) is 0 Å². The molecule has 1 aliphatic heterocycles. The molecule has 0 spiro atoms. The summed E-state index contributed by atoms with van der Waals surface area (Å²) in [5, 5.41) is 2.78. The van der Waals surface area contributed by atoms with E-state index in [1.54, 1.807) is 0 Å². The van der Waals surface area contributed by atoms with Crippen LogP contribution in [0.1, 0.15) is 0 Å². The minimum absolute atomic E-state index is 0.309. The molecule has 4 nitrogen and oxygen atoms in total. The van der Waals surface area contributed by atoms with Crippen LogP contribution in [-0.2, 0) is 4.74 Å². The Bertz CT molecular complexity index is 91.0. The first-order valence-corrected chi connectivity index (χ1v) is 3.02. The van der Waals surface area contributed by atoms with Gasteiger partial charge in [0.2, 0.25) is 0 Å². The monoisotopic (exact) mass is 130 g/mol. The van der Waals surface area contributed by atoms with Crippen LogP contribution in [0.25, 0.3) is 0 Å². The number of nitroso groups, excluding NO2 is 1. The fourth-order valence-electron chi connectivity index (χ4n) is 0.824. The Balaban J connectivity index is 2.15. The van der Waals surface area contributed by atoms with Gasteiger partial charge in [0.25, 0.3) is 0 Å². The van der Waals surface area contributed by atoms with Gasteiger partial charge in [-0.05, 0) is 0 Å². The molecule has 9 heavy (non-hydrogen) atoms. The zero-order chi connectivity index (χ0) is 6.53. The van der Waals surface area contributed by atoms with Gasteiger partial charge in [-0.3, -0.25) is 4.90 Å². The second-order valence-corrected chi connectivity index (χ2v) is 2.00. The van der Waals surface area contributed by atoms with Crippen molar-refractivity contribution in [1.29, 1.82) is 0 Å². The Kier molecular flexibility index (Phi) is 2.60. The number of hydrogen-bond donors (Lipinski definition) is 0. The van der Waals surface area contributed by atoms with Crippen molar-refractivity contribution in [2.24, 2.45) is 5.18 Å². The first-order valence-electron chi connectivity index (χ1n) is 3.02. The van der Waals surface area contributed by atoms with Crippen LogP contribution in [0, 0.1) is 4.91 Å². The third-order valence-electron chi connectivity index (χ3n) is 1.36. The minimum Gasteiger partial charge on any atom is -0.379 e.